The lowest BCUT2D eigenvalue weighted by Crippen LogP contribution is -2.51. The molecule has 2 aliphatic rings. The minimum absolute atomic E-state index is 0.273. The number of nitrogens with zero attached hydrogens (tertiary/aromatic N) is 1. The van der Waals surface area contributed by atoms with E-state index in [2.05, 4.69) is 0 Å². The zero-order chi connectivity index (χ0) is 16.1. The zero-order valence-corrected chi connectivity index (χ0v) is 12.8. The van der Waals surface area contributed by atoms with E-state index in [9.17, 15) is 18.0 Å². The highest BCUT2D eigenvalue weighted by Gasteiger charge is 2.47. The Balaban J connectivity index is 1.95. The van der Waals surface area contributed by atoms with E-state index < -0.39 is 22.7 Å². The Morgan fingerprint density at radius 2 is 2.27 bits per heavy atom. The van der Waals surface area contributed by atoms with Gasteiger partial charge in [-0.25, -0.2) is 4.79 Å². The summed E-state index contributed by atoms with van der Waals surface area (Å²) in [6, 6.07) is 0.937. The van der Waals surface area contributed by atoms with Gasteiger partial charge in [0.25, 0.3) is 0 Å². The van der Waals surface area contributed by atoms with Gasteiger partial charge in [-0.15, -0.1) is 11.3 Å². The van der Waals surface area contributed by atoms with E-state index in [4.69, 9.17) is 9.84 Å². The Morgan fingerprint density at radius 3 is 2.86 bits per heavy atom. The normalized spacial score (nSPS) is 28.7. The summed E-state index contributed by atoms with van der Waals surface area (Å²) >= 11 is 0.743. The van der Waals surface area contributed by atoms with Gasteiger partial charge in [-0.05, 0) is 31.4 Å². The molecular weight excluding hydrogens is 319 g/mol. The molecule has 1 fully saturated rings. The highest BCUT2D eigenvalue weighted by Crippen LogP contribution is 2.49. The summed E-state index contributed by atoms with van der Waals surface area (Å²) in [7, 11) is 0. The Kier molecular flexibility index (Phi) is 3.64. The lowest BCUT2D eigenvalue weighted by molar-refractivity contribution is -0.134. The number of fused-ring (bicyclic) bond motifs is 2. The number of halogens is 3. The van der Waals surface area contributed by atoms with Crippen LogP contribution in [0.4, 0.5) is 18.0 Å². The third-order valence-electron chi connectivity index (χ3n) is 4.41. The van der Waals surface area contributed by atoms with Crippen molar-refractivity contribution >= 4 is 17.4 Å². The standard InChI is InChI=1S/C14H16F3NO3S/c1-8-7-13(3-4-18(8)12(19)20)11-9(2-5-21-13)6-10(22-11)14(15,16)17/h6,8H,2-5,7H2,1H3,(H,19,20)/t8-,13?/m0/s1. The first-order chi connectivity index (χ1) is 10.2. The fourth-order valence-corrected chi connectivity index (χ4v) is 4.65. The van der Waals surface area contributed by atoms with Crippen molar-refractivity contribution in [1.82, 2.24) is 4.90 Å². The van der Waals surface area contributed by atoms with Gasteiger partial charge in [0.1, 0.15) is 10.5 Å². The third kappa shape index (κ3) is 2.48. The average molecular weight is 335 g/mol. The number of alkyl halides is 3. The summed E-state index contributed by atoms with van der Waals surface area (Å²) < 4.78 is 44.8. The Bertz CT molecular complexity index is 601. The van der Waals surface area contributed by atoms with Crippen LogP contribution >= 0.6 is 11.3 Å². The SMILES string of the molecule is C[C@H]1CC2(CCN1C(=O)O)OCCc1cc(C(F)(F)F)sc12. The number of ether oxygens (including phenoxy) is 1. The molecule has 0 aliphatic carbocycles. The van der Waals surface area contributed by atoms with Gasteiger partial charge in [0.15, 0.2) is 0 Å². The molecule has 122 valence electrons. The van der Waals surface area contributed by atoms with Gasteiger partial charge >= 0.3 is 12.3 Å². The van der Waals surface area contributed by atoms with Crippen LogP contribution in [0.1, 0.15) is 35.1 Å². The number of hydrogen-bond acceptors (Lipinski definition) is 3. The van der Waals surface area contributed by atoms with Crippen LogP contribution in [0.25, 0.3) is 0 Å². The third-order valence-corrected chi connectivity index (χ3v) is 5.82. The van der Waals surface area contributed by atoms with E-state index >= 15 is 0 Å². The summed E-state index contributed by atoms with van der Waals surface area (Å²) in [5.41, 5.74) is -0.0767. The van der Waals surface area contributed by atoms with Crippen LogP contribution in [-0.4, -0.2) is 35.3 Å². The largest absolute Gasteiger partial charge is 0.465 e. The van der Waals surface area contributed by atoms with Crippen LogP contribution in [-0.2, 0) is 22.9 Å². The number of hydrogen-bond donors (Lipinski definition) is 1. The molecule has 3 rings (SSSR count). The highest BCUT2D eigenvalue weighted by atomic mass is 32.1. The fourth-order valence-electron chi connectivity index (χ4n) is 3.39. The van der Waals surface area contributed by atoms with E-state index in [1.54, 1.807) is 6.92 Å². The molecule has 4 nitrogen and oxygen atoms in total. The Labute approximate surface area is 129 Å². The molecule has 0 saturated carbocycles. The van der Waals surface area contributed by atoms with E-state index in [1.165, 1.54) is 11.0 Å². The van der Waals surface area contributed by atoms with Crippen LogP contribution in [0.5, 0.6) is 0 Å². The summed E-state index contributed by atoms with van der Waals surface area (Å²) in [4.78, 5) is 12.5. The Hall–Kier alpha value is -1.28. The minimum Gasteiger partial charge on any atom is -0.465 e. The van der Waals surface area contributed by atoms with Gasteiger partial charge in [-0.3, -0.25) is 0 Å². The van der Waals surface area contributed by atoms with Crippen LogP contribution in [0.2, 0.25) is 0 Å². The summed E-state index contributed by atoms with van der Waals surface area (Å²) in [6.45, 7) is 2.42. The molecule has 8 heteroatoms. The second kappa shape index (κ2) is 5.13. The van der Waals surface area contributed by atoms with Crippen LogP contribution in [0.3, 0.4) is 0 Å². The summed E-state index contributed by atoms with van der Waals surface area (Å²) in [5.74, 6) is 0. The van der Waals surface area contributed by atoms with E-state index in [-0.39, 0.29) is 12.6 Å². The number of piperidine rings is 1. The number of rotatable bonds is 0. The van der Waals surface area contributed by atoms with Crippen molar-refractivity contribution in [1.29, 1.82) is 0 Å². The number of carbonyl (C=O) groups is 1. The molecule has 0 aromatic carbocycles. The lowest BCUT2D eigenvalue weighted by atomic mass is 9.82. The van der Waals surface area contributed by atoms with Gasteiger partial charge in [0, 0.05) is 23.9 Å². The summed E-state index contributed by atoms with van der Waals surface area (Å²) in [6.07, 6.45) is -4.09. The zero-order valence-electron chi connectivity index (χ0n) is 11.9. The Morgan fingerprint density at radius 1 is 1.55 bits per heavy atom. The molecule has 1 saturated heterocycles. The van der Waals surface area contributed by atoms with Gasteiger partial charge in [-0.1, -0.05) is 0 Å². The van der Waals surface area contributed by atoms with Crippen LogP contribution in [0.15, 0.2) is 6.07 Å². The van der Waals surface area contributed by atoms with Crippen LogP contribution in [0, 0.1) is 0 Å². The van der Waals surface area contributed by atoms with Crippen molar-refractivity contribution in [3.63, 3.8) is 0 Å². The molecule has 3 heterocycles. The first-order valence-corrected chi connectivity index (χ1v) is 7.88. The molecule has 1 amide bonds. The average Bonchev–Trinajstić information content (AvgIpc) is 2.84. The number of amides is 1. The molecule has 0 radical (unpaired) electrons. The monoisotopic (exact) mass is 335 g/mol. The quantitative estimate of drug-likeness (QED) is 0.786. The van der Waals surface area contributed by atoms with Crippen molar-refractivity contribution in [2.45, 2.75) is 44.0 Å². The maximum atomic E-state index is 13.0. The highest BCUT2D eigenvalue weighted by molar-refractivity contribution is 7.12. The van der Waals surface area contributed by atoms with Crippen LogP contribution < -0.4 is 0 Å². The second-order valence-corrected chi connectivity index (χ2v) is 6.89. The second-order valence-electron chi connectivity index (χ2n) is 5.83. The molecular formula is C14H16F3NO3S. The predicted octanol–water partition coefficient (Wildman–Crippen LogP) is 3.70. The van der Waals surface area contributed by atoms with Crippen molar-refractivity contribution in [2.24, 2.45) is 0 Å². The van der Waals surface area contributed by atoms with Crippen molar-refractivity contribution in [3.05, 3.63) is 21.4 Å². The lowest BCUT2D eigenvalue weighted by Gasteiger charge is -2.46. The van der Waals surface area contributed by atoms with Crippen molar-refractivity contribution in [3.8, 4) is 0 Å². The molecule has 1 N–H and O–H groups in total. The van der Waals surface area contributed by atoms with Gasteiger partial charge in [0.2, 0.25) is 0 Å². The number of carboxylic acid groups (broad SMARTS) is 1. The molecule has 2 atom stereocenters. The minimum atomic E-state index is -4.35. The van der Waals surface area contributed by atoms with Crippen molar-refractivity contribution in [2.75, 3.05) is 13.2 Å². The van der Waals surface area contributed by atoms with Crippen molar-refractivity contribution < 1.29 is 27.8 Å². The fraction of sp³-hybridized carbons (Fsp3) is 0.643. The van der Waals surface area contributed by atoms with E-state index in [1.807, 2.05) is 0 Å². The smallest absolute Gasteiger partial charge is 0.425 e. The van der Waals surface area contributed by atoms with Gasteiger partial charge in [-0.2, -0.15) is 13.2 Å². The first kappa shape index (κ1) is 15.6. The first-order valence-electron chi connectivity index (χ1n) is 7.07. The molecule has 0 bridgehead atoms. The van der Waals surface area contributed by atoms with Gasteiger partial charge < -0.3 is 14.7 Å². The molecule has 1 spiro atoms. The van der Waals surface area contributed by atoms with Gasteiger partial charge in [0.05, 0.1) is 6.61 Å². The summed E-state index contributed by atoms with van der Waals surface area (Å²) in [5, 5.41) is 9.14. The maximum absolute atomic E-state index is 13.0. The maximum Gasteiger partial charge on any atom is 0.425 e. The molecule has 2 aliphatic heterocycles. The molecule has 22 heavy (non-hydrogen) atoms. The molecule has 1 unspecified atom stereocenters. The number of likely N-dealkylation sites (tertiary alicyclic amines) is 1. The number of thiophene rings is 1. The predicted molar refractivity (Wildman–Crippen MR) is 74.1 cm³/mol. The topological polar surface area (TPSA) is 49.8 Å². The molecule has 1 aromatic heterocycles. The molecule has 1 aromatic rings. The van der Waals surface area contributed by atoms with E-state index in [0.29, 0.717) is 36.3 Å². The van der Waals surface area contributed by atoms with E-state index in [0.717, 1.165) is 11.3 Å².